The molecule has 0 aliphatic carbocycles. The lowest BCUT2D eigenvalue weighted by atomic mass is 10.3. The van der Waals surface area contributed by atoms with Crippen LogP contribution in [-0.2, 0) is 11.8 Å². The van der Waals surface area contributed by atoms with Gasteiger partial charge < -0.3 is 0 Å². The van der Waals surface area contributed by atoms with Crippen LogP contribution in [0, 0.1) is 0 Å². The standard InChI is InChI=1S/C10H23PS3/c1-4-6-7-9-11(12,13)14-10(3)8-5-2/h10H,4-9H2,1-3H3,(H,12,13). The molecule has 0 saturated heterocycles. The van der Waals surface area contributed by atoms with Crippen LogP contribution in [0.2, 0.25) is 0 Å². The highest BCUT2D eigenvalue weighted by Gasteiger charge is 2.15. The third-order valence-corrected chi connectivity index (χ3v) is 9.28. The maximum atomic E-state index is 5.59. The summed E-state index contributed by atoms with van der Waals surface area (Å²) in [4.78, 5) is 0. The lowest BCUT2D eigenvalue weighted by Gasteiger charge is -2.19. The van der Waals surface area contributed by atoms with E-state index in [-0.39, 0.29) is 0 Å². The molecular formula is C10H23PS3. The van der Waals surface area contributed by atoms with E-state index in [0.717, 1.165) is 6.16 Å². The van der Waals surface area contributed by atoms with E-state index in [4.69, 9.17) is 11.8 Å². The predicted octanol–water partition coefficient (Wildman–Crippen LogP) is 5.34. The summed E-state index contributed by atoms with van der Waals surface area (Å²) in [5.41, 5.74) is 0. The summed E-state index contributed by atoms with van der Waals surface area (Å²) in [6.07, 6.45) is 7.55. The molecule has 0 aromatic rings. The Morgan fingerprint density at radius 1 is 1.29 bits per heavy atom. The van der Waals surface area contributed by atoms with E-state index in [1.807, 2.05) is 11.4 Å². The topological polar surface area (TPSA) is 0 Å². The monoisotopic (exact) mass is 270 g/mol. The molecule has 0 aliphatic heterocycles. The van der Waals surface area contributed by atoms with Crippen LogP contribution in [0.3, 0.4) is 0 Å². The van der Waals surface area contributed by atoms with Crippen LogP contribution in [0.5, 0.6) is 0 Å². The molecule has 0 amide bonds. The Bertz CT molecular complexity index is 182. The third-order valence-electron chi connectivity index (χ3n) is 2.08. The second kappa shape index (κ2) is 8.50. The van der Waals surface area contributed by atoms with Gasteiger partial charge in [-0.1, -0.05) is 51.8 Å². The lowest BCUT2D eigenvalue weighted by molar-refractivity contribution is 0.777. The maximum Gasteiger partial charge on any atom is 0.0545 e. The predicted molar refractivity (Wildman–Crippen MR) is 79.6 cm³/mol. The number of hydrogen-bond donors (Lipinski definition) is 1. The van der Waals surface area contributed by atoms with E-state index in [9.17, 15) is 0 Å². The molecule has 0 nitrogen and oxygen atoms in total. The Hall–Kier alpha value is 1.35. The van der Waals surface area contributed by atoms with Gasteiger partial charge in [-0.25, -0.2) is 0 Å². The highest BCUT2D eigenvalue weighted by Crippen LogP contribution is 2.65. The number of rotatable bonds is 8. The fraction of sp³-hybridized carbons (Fsp3) is 1.00. The molecule has 0 bridgehead atoms. The quantitative estimate of drug-likeness (QED) is 0.359. The van der Waals surface area contributed by atoms with Crippen molar-refractivity contribution in [2.24, 2.45) is 0 Å². The summed E-state index contributed by atoms with van der Waals surface area (Å²) < 4.78 is -1.36. The highest BCUT2D eigenvalue weighted by atomic mass is 33.2. The lowest BCUT2D eigenvalue weighted by Crippen LogP contribution is -1.94. The molecule has 2 unspecified atom stereocenters. The Morgan fingerprint density at radius 2 is 1.93 bits per heavy atom. The molecule has 0 radical (unpaired) electrons. The smallest absolute Gasteiger partial charge is 0.0545 e. The Kier molecular flexibility index (Phi) is 9.32. The molecule has 0 N–H and O–H groups in total. The second-order valence-corrected chi connectivity index (χ2v) is 15.2. The van der Waals surface area contributed by atoms with Gasteiger partial charge in [0.2, 0.25) is 0 Å². The van der Waals surface area contributed by atoms with Crippen molar-refractivity contribution in [2.45, 2.75) is 58.1 Å². The fourth-order valence-corrected chi connectivity index (χ4v) is 9.28. The first-order chi connectivity index (χ1) is 6.52. The third kappa shape index (κ3) is 8.64. The summed E-state index contributed by atoms with van der Waals surface area (Å²) in [5.74, 6) is 0. The van der Waals surface area contributed by atoms with E-state index in [1.165, 1.54) is 32.1 Å². The van der Waals surface area contributed by atoms with Crippen LogP contribution in [-0.4, -0.2) is 11.4 Å². The molecule has 4 heteroatoms. The van der Waals surface area contributed by atoms with Crippen LogP contribution >= 0.6 is 28.1 Å². The summed E-state index contributed by atoms with van der Waals surface area (Å²) in [6, 6.07) is 0. The van der Waals surface area contributed by atoms with E-state index < -0.39 is 4.44 Å². The first kappa shape index (κ1) is 15.3. The van der Waals surface area contributed by atoms with Gasteiger partial charge in [-0.15, -0.1) is 23.6 Å². The van der Waals surface area contributed by atoms with Crippen molar-refractivity contribution in [2.75, 3.05) is 6.16 Å². The molecule has 0 heterocycles. The van der Waals surface area contributed by atoms with Crippen molar-refractivity contribution in [3.8, 4) is 0 Å². The van der Waals surface area contributed by atoms with E-state index in [2.05, 4.69) is 33.0 Å². The minimum absolute atomic E-state index is 0.699. The molecule has 2 atom stereocenters. The van der Waals surface area contributed by atoms with Crippen LogP contribution in [0.25, 0.3) is 0 Å². The van der Waals surface area contributed by atoms with Gasteiger partial charge in [0.1, 0.15) is 0 Å². The maximum absolute atomic E-state index is 5.59. The number of thiol groups is 1. The molecule has 0 aliphatic rings. The van der Waals surface area contributed by atoms with Gasteiger partial charge in [0.25, 0.3) is 0 Å². The average molecular weight is 270 g/mol. The first-order valence-electron chi connectivity index (χ1n) is 5.52. The van der Waals surface area contributed by atoms with Crippen LogP contribution in [0.4, 0.5) is 0 Å². The summed E-state index contributed by atoms with van der Waals surface area (Å²) in [5, 5.41) is 0.699. The molecule has 0 saturated carbocycles. The second-order valence-electron chi connectivity index (χ2n) is 3.77. The van der Waals surface area contributed by atoms with Gasteiger partial charge in [0, 0.05) is 5.25 Å². The van der Waals surface area contributed by atoms with Crippen molar-refractivity contribution in [3.05, 3.63) is 0 Å². The molecule has 0 aromatic heterocycles. The normalized spacial score (nSPS) is 17.7. The molecule has 0 aromatic carbocycles. The van der Waals surface area contributed by atoms with Crippen molar-refractivity contribution >= 4 is 39.9 Å². The number of unbranched alkanes of at least 4 members (excludes halogenated alkanes) is 2. The van der Waals surface area contributed by atoms with E-state index in [1.54, 1.807) is 0 Å². The largest absolute Gasteiger partial charge is 0.131 e. The van der Waals surface area contributed by atoms with E-state index in [0.29, 0.717) is 5.25 Å². The van der Waals surface area contributed by atoms with Crippen molar-refractivity contribution in [1.82, 2.24) is 0 Å². The van der Waals surface area contributed by atoms with Crippen LogP contribution < -0.4 is 0 Å². The van der Waals surface area contributed by atoms with Crippen LogP contribution in [0.1, 0.15) is 52.9 Å². The first-order valence-corrected chi connectivity index (χ1v) is 11.1. The van der Waals surface area contributed by atoms with Gasteiger partial charge in [0.05, 0.1) is 4.44 Å². The Labute approximate surface area is 104 Å². The zero-order valence-electron chi connectivity index (χ0n) is 9.53. The van der Waals surface area contributed by atoms with Gasteiger partial charge in [-0.3, -0.25) is 0 Å². The fourth-order valence-electron chi connectivity index (χ4n) is 1.35. The molecule has 14 heavy (non-hydrogen) atoms. The summed E-state index contributed by atoms with van der Waals surface area (Å²) in [6.45, 7) is 6.75. The van der Waals surface area contributed by atoms with E-state index >= 15 is 0 Å². The number of hydrogen-bond acceptors (Lipinski definition) is 2. The Balaban J connectivity index is 3.76. The van der Waals surface area contributed by atoms with Gasteiger partial charge in [-0.2, -0.15) is 0 Å². The highest BCUT2D eigenvalue weighted by molar-refractivity contribution is 8.96. The zero-order chi connectivity index (χ0) is 11.0. The summed E-state index contributed by atoms with van der Waals surface area (Å²) >= 11 is 12.2. The molecule has 0 spiro atoms. The average Bonchev–Trinajstić information content (AvgIpc) is 2.03. The molecule has 86 valence electrons. The summed E-state index contributed by atoms with van der Waals surface area (Å²) in [7, 11) is 0. The Morgan fingerprint density at radius 3 is 2.43 bits per heavy atom. The molecular weight excluding hydrogens is 247 g/mol. The van der Waals surface area contributed by atoms with Crippen molar-refractivity contribution < 1.29 is 0 Å². The van der Waals surface area contributed by atoms with Gasteiger partial charge >= 0.3 is 0 Å². The van der Waals surface area contributed by atoms with Crippen LogP contribution in [0.15, 0.2) is 0 Å². The van der Waals surface area contributed by atoms with Crippen molar-refractivity contribution in [3.63, 3.8) is 0 Å². The minimum Gasteiger partial charge on any atom is -0.131 e. The molecule has 0 rings (SSSR count). The van der Waals surface area contributed by atoms with Gasteiger partial charge in [-0.05, 0) is 19.0 Å². The minimum atomic E-state index is -1.36. The SMILES string of the molecule is CCCCCP(=S)(S)SC(C)CCC. The molecule has 0 fully saturated rings. The van der Waals surface area contributed by atoms with Crippen molar-refractivity contribution in [1.29, 1.82) is 0 Å². The van der Waals surface area contributed by atoms with Gasteiger partial charge in [0.15, 0.2) is 0 Å². The zero-order valence-corrected chi connectivity index (χ0v) is 13.0.